The lowest BCUT2D eigenvalue weighted by molar-refractivity contribution is -0.143. The van der Waals surface area contributed by atoms with E-state index in [4.69, 9.17) is 9.47 Å². The summed E-state index contributed by atoms with van der Waals surface area (Å²) in [6.45, 7) is 15.9. The van der Waals surface area contributed by atoms with Crippen LogP contribution in [0.5, 0.6) is 0 Å². The summed E-state index contributed by atoms with van der Waals surface area (Å²) in [7, 11) is 0. The van der Waals surface area contributed by atoms with Crippen molar-refractivity contribution in [1.82, 2.24) is 34.5 Å². The fourth-order valence-corrected chi connectivity index (χ4v) is 6.80. The monoisotopic (exact) mass is 724 g/mol. The summed E-state index contributed by atoms with van der Waals surface area (Å²) in [4.78, 5) is 74.5. The molecule has 3 saturated heterocycles. The van der Waals surface area contributed by atoms with Crippen molar-refractivity contribution in [3.63, 3.8) is 0 Å². The number of likely N-dealkylation sites (tertiary alicyclic amines) is 1. The molecule has 5 amide bonds. The average Bonchev–Trinajstić information content (AvgIpc) is 3.44. The van der Waals surface area contributed by atoms with Crippen molar-refractivity contribution >= 4 is 29.9 Å². The van der Waals surface area contributed by atoms with Crippen molar-refractivity contribution in [3.8, 4) is 5.69 Å². The minimum atomic E-state index is -1.39. The van der Waals surface area contributed by atoms with Crippen molar-refractivity contribution < 1.29 is 33.8 Å². The van der Waals surface area contributed by atoms with Gasteiger partial charge in [0.15, 0.2) is 0 Å². The van der Waals surface area contributed by atoms with E-state index in [-0.39, 0.29) is 56.6 Å². The molecule has 0 spiro atoms. The first-order chi connectivity index (χ1) is 24.3. The lowest BCUT2D eigenvalue weighted by Gasteiger charge is -2.42. The summed E-state index contributed by atoms with van der Waals surface area (Å²) in [5.41, 5.74) is -1.27. The van der Waals surface area contributed by atoms with E-state index < -0.39 is 40.6 Å². The van der Waals surface area contributed by atoms with Crippen LogP contribution in [0.3, 0.4) is 0 Å². The largest absolute Gasteiger partial charge is 0.465 e. The van der Waals surface area contributed by atoms with Gasteiger partial charge in [-0.1, -0.05) is 32.9 Å². The molecule has 0 radical (unpaired) electrons. The molecule has 52 heavy (non-hydrogen) atoms. The van der Waals surface area contributed by atoms with Crippen LogP contribution in [-0.2, 0) is 20.8 Å². The molecule has 0 bridgehead atoms. The van der Waals surface area contributed by atoms with E-state index in [0.29, 0.717) is 5.69 Å². The zero-order valence-electron chi connectivity index (χ0n) is 31.2. The first-order valence-corrected chi connectivity index (χ1v) is 17.7. The fraction of sp³-hybridized carbons (Fsp3) is 0.611. The Balaban J connectivity index is 1.10. The molecule has 1 aromatic heterocycles. The van der Waals surface area contributed by atoms with Crippen LogP contribution in [0, 0.1) is 5.41 Å². The lowest BCUT2D eigenvalue weighted by atomic mass is 9.91. The third kappa shape index (κ3) is 9.02. The SMILES string of the molecule is CC(C)(C)OC(=O)NC1CCN(Cc2ccc(-n3ccc(NC(=O)N4CCN(C(=O)[C@]5(C)CO[C@H](C(C)(C)C)N5C(=O)O)CC4)nc3=O)cc2)CC1. The molecule has 3 aliphatic rings. The number of piperazine rings is 1. The van der Waals surface area contributed by atoms with Gasteiger partial charge in [0.25, 0.3) is 5.91 Å². The van der Waals surface area contributed by atoms with Crippen LogP contribution >= 0.6 is 0 Å². The van der Waals surface area contributed by atoms with Gasteiger partial charge in [0, 0.05) is 63.5 Å². The Morgan fingerprint density at radius 2 is 1.56 bits per heavy atom. The van der Waals surface area contributed by atoms with Gasteiger partial charge < -0.3 is 29.7 Å². The molecular weight excluding hydrogens is 672 g/mol. The Kier molecular flexibility index (Phi) is 11.2. The Morgan fingerprint density at radius 3 is 2.12 bits per heavy atom. The molecule has 0 unspecified atom stereocenters. The number of amides is 5. The predicted octanol–water partition coefficient (Wildman–Crippen LogP) is 3.54. The van der Waals surface area contributed by atoms with Crippen LogP contribution in [-0.4, -0.2) is 128 Å². The molecule has 2 atom stereocenters. The molecule has 284 valence electrons. The number of alkyl carbamates (subject to hydrolysis) is 1. The molecule has 4 heterocycles. The molecule has 2 aromatic rings. The number of carboxylic acid groups (broad SMARTS) is 1. The number of nitrogens with one attached hydrogen (secondary N) is 2. The van der Waals surface area contributed by atoms with Gasteiger partial charge >= 0.3 is 23.9 Å². The number of urea groups is 1. The quantitative estimate of drug-likeness (QED) is 0.399. The molecule has 0 saturated carbocycles. The Bertz CT molecular complexity index is 1690. The van der Waals surface area contributed by atoms with Crippen LogP contribution in [0.2, 0.25) is 0 Å². The normalized spacial score (nSPS) is 21.9. The minimum Gasteiger partial charge on any atom is -0.465 e. The van der Waals surface area contributed by atoms with Gasteiger partial charge in [-0.25, -0.2) is 19.2 Å². The van der Waals surface area contributed by atoms with Crippen LogP contribution in [0.15, 0.2) is 41.3 Å². The molecular formula is C36H52N8O8. The second kappa shape index (κ2) is 15.1. The lowest BCUT2D eigenvalue weighted by Crippen LogP contribution is -2.63. The molecule has 3 fully saturated rings. The van der Waals surface area contributed by atoms with Crippen LogP contribution in [0.25, 0.3) is 5.69 Å². The van der Waals surface area contributed by atoms with Crippen molar-refractivity contribution in [2.24, 2.45) is 5.41 Å². The summed E-state index contributed by atoms with van der Waals surface area (Å²) in [5.74, 6) is -0.263. The van der Waals surface area contributed by atoms with E-state index in [1.807, 2.05) is 65.8 Å². The van der Waals surface area contributed by atoms with E-state index in [0.717, 1.165) is 42.9 Å². The van der Waals surface area contributed by atoms with Crippen molar-refractivity contribution in [3.05, 3.63) is 52.6 Å². The summed E-state index contributed by atoms with van der Waals surface area (Å²) in [5, 5.41) is 15.6. The standard InChI is InChI=1S/C36H52N8O8/c1-34(2,3)29-44(33(49)50)36(7,23-51-29)28(45)41-18-20-42(21-19-41)30(46)38-27-14-17-43(31(47)39-27)26-10-8-24(9-11-26)22-40-15-12-25(13-16-40)37-32(48)52-35(4,5)6/h8-11,14,17,25,29H,12-13,15-16,18-23H2,1-7H3,(H,37,48)(H,49,50)(H,38,39,46,47)/t29-,36+/m1/s1. The summed E-state index contributed by atoms with van der Waals surface area (Å²) >= 11 is 0. The van der Waals surface area contributed by atoms with Crippen LogP contribution in [0.1, 0.15) is 66.9 Å². The number of hydrogen-bond acceptors (Lipinski definition) is 9. The molecule has 1 aromatic carbocycles. The third-order valence-corrected chi connectivity index (χ3v) is 9.52. The number of carbonyl (C=O) groups excluding carboxylic acids is 3. The topological polar surface area (TPSA) is 179 Å². The van der Waals surface area contributed by atoms with Crippen LogP contribution in [0.4, 0.5) is 20.2 Å². The molecule has 3 N–H and O–H groups in total. The third-order valence-electron chi connectivity index (χ3n) is 9.52. The van der Waals surface area contributed by atoms with Gasteiger partial charge in [-0.2, -0.15) is 4.98 Å². The van der Waals surface area contributed by atoms with E-state index in [2.05, 4.69) is 20.5 Å². The van der Waals surface area contributed by atoms with Crippen molar-refractivity contribution in [2.45, 2.75) is 91.3 Å². The fourth-order valence-electron chi connectivity index (χ4n) is 6.80. The number of nitrogens with zero attached hydrogens (tertiary/aromatic N) is 6. The average molecular weight is 725 g/mol. The minimum absolute atomic E-state index is 0.0565. The maximum atomic E-state index is 13.6. The van der Waals surface area contributed by atoms with E-state index >= 15 is 0 Å². The zero-order valence-corrected chi connectivity index (χ0v) is 31.2. The second-order valence-corrected chi connectivity index (χ2v) is 16.0. The highest BCUT2D eigenvalue weighted by molar-refractivity contribution is 5.91. The summed E-state index contributed by atoms with van der Waals surface area (Å²) in [6.07, 6.45) is 0.837. The number of carbonyl (C=O) groups is 4. The number of piperidine rings is 1. The van der Waals surface area contributed by atoms with E-state index in [1.54, 1.807) is 24.1 Å². The highest BCUT2D eigenvalue weighted by atomic mass is 16.6. The Labute approximate surface area is 304 Å². The second-order valence-electron chi connectivity index (χ2n) is 16.0. The highest BCUT2D eigenvalue weighted by Crippen LogP contribution is 2.38. The van der Waals surface area contributed by atoms with Gasteiger partial charge in [-0.05, 0) is 64.3 Å². The molecule has 0 aliphatic carbocycles. The number of benzene rings is 1. The Morgan fingerprint density at radius 1 is 0.942 bits per heavy atom. The predicted molar refractivity (Wildman–Crippen MR) is 192 cm³/mol. The molecule has 5 rings (SSSR count). The summed E-state index contributed by atoms with van der Waals surface area (Å²) in [6, 6.07) is 8.82. The zero-order chi connectivity index (χ0) is 38.0. The van der Waals surface area contributed by atoms with Gasteiger partial charge in [0.05, 0.1) is 12.3 Å². The smallest absolute Gasteiger partial charge is 0.410 e. The molecule has 16 heteroatoms. The van der Waals surface area contributed by atoms with Crippen molar-refractivity contribution in [2.75, 3.05) is 51.2 Å². The van der Waals surface area contributed by atoms with Gasteiger partial charge in [-0.15, -0.1) is 0 Å². The van der Waals surface area contributed by atoms with Gasteiger partial charge in [-0.3, -0.25) is 24.5 Å². The van der Waals surface area contributed by atoms with Gasteiger partial charge in [0.1, 0.15) is 23.2 Å². The number of hydrogen-bond donors (Lipinski definition) is 3. The Hall–Kier alpha value is -4.70. The molecule has 16 nitrogen and oxygen atoms in total. The van der Waals surface area contributed by atoms with E-state index in [1.165, 1.54) is 9.47 Å². The van der Waals surface area contributed by atoms with Crippen molar-refractivity contribution in [1.29, 1.82) is 0 Å². The first-order valence-electron chi connectivity index (χ1n) is 17.7. The first kappa shape index (κ1) is 38.5. The van der Waals surface area contributed by atoms with E-state index in [9.17, 15) is 29.1 Å². The highest BCUT2D eigenvalue weighted by Gasteiger charge is 2.56. The number of anilines is 1. The maximum absolute atomic E-state index is 13.6. The summed E-state index contributed by atoms with van der Waals surface area (Å²) < 4.78 is 12.6. The number of rotatable bonds is 6. The number of ether oxygens (including phenoxy) is 2. The maximum Gasteiger partial charge on any atom is 0.410 e. The molecule has 3 aliphatic heterocycles. The van der Waals surface area contributed by atoms with Crippen LogP contribution < -0.4 is 16.3 Å². The number of aromatic nitrogens is 2. The van der Waals surface area contributed by atoms with Gasteiger partial charge in [0.2, 0.25) is 0 Å².